The first-order valence-electron chi connectivity index (χ1n) is 9.21. The van der Waals surface area contributed by atoms with Crippen LogP contribution in [0.15, 0.2) is 18.2 Å². The van der Waals surface area contributed by atoms with Crippen LogP contribution >= 0.6 is 0 Å². The summed E-state index contributed by atoms with van der Waals surface area (Å²) < 4.78 is 0. The Bertz CT molecular complexity index is 792. The van der Waals surface area contributed by atoms with Gasteiger partial charge in [-0.05, 0) is 44.2 Å². The number of carbonyl (C=O) groups excluding carboxylic acids is 2. The molecule has 28 heavy (non-hydrogen) atoms. The Morgan fingerprint density at radius 2 is 2.04 bits per heavy atom. The average Bonchev–Trinajstić information content (AvgIpc) is 3.09. The Kier molecular flexibility index (Phi) is 6.71. The number of benzene rings is 1. The fourth-order valence-corrected chi connectivity index (χ4v) is 3.40. The van der Waals surface area contributed by atoms with E-state index in [2.05, 4.69) is 5.32 Å². The summed E-state index contributed by atoms with van der Waals surface area (Å²) in [4.78, 5) is 48.7. The third-order valence-corrected chi connectivity index (χ3v) is 4.78. The number of nitro benzene ring substituents is 1. The van der Waals surface area contributed by atoms with Gasteiger partial charge in [0, 0.05) is 23.7 Å². The van der Waals surface area contributed by atoms with Gasteiger partial charge in [0.2, 0.25) is 5.91 Å². The molecule has 0 aromatic heterocycles. The Morgan fingerprint density at radius 1 is 1.36 bits per heavy atom. The third-order valence-electron chi connectivity index (χ3n) is 4.78. The molecule has 0 bridgehead atoms. The maximum atomic E-state index is 12.9. The van der Waals surface area contributed by atoms with Crippen LogP contribution in [0.3, 0.4) is 0 Å². The molecule has 1 aliphatic rings. The van der Waals surface area contributed by atoms with Crippen LogP contribution in [0, 0.1) is 23.0 Å². The molecule has 0 saturated carbocycles. The van der Waals surface area contributed by atoms with Crippen molar-refractivity contribution < 1.29 is 24.4 Å². The third kappa shape index (κ3) is 4.85. The zero-order valence-electron chi connectivity index (χ0n) is 16.2. The molecule has 1 aromatic carbocycles. The number of amides is 2. The van der Waals surface area contributed by atoms with E-state index in [9.17, 15) is 29.6 Å². The molecule has 0 radical (unpaired) electrons. The van der Waals surface area contributed by atoms with Gasteiger partial charge in [0.25, 0.3) is 11.6 Å². The number of aliphatic carboxylic acids is 1. The van der Waals surface area contributed by atoms with Crippen LogP contribution < -0.4 is 5.32 Å². The van der Waals surface area contributed by atoms with Gasteiger partial charge in [-0.15, -0.1) is 0 Å². The number of nitrogens with one attached hydrogen (secondary N) is 1. The molecule has 2 N–H and O–H groups in total. The number of hydrogen-bond acceptors (Lipinski definition) is 5. The smallest absolute Gasteiger partial charge is 0.326 e. The Hall–Kier alpha value is -2.97. The van der Waals surface area contributed by atoms with Crippen LogP contribution in [0.25, 0.3) is 0 Å². The summed E-state index contributed by atoms with van der Waals surface area (Å²) in [6.45, 7) is 5.65. The van der Waals surface area contributed by atoms with Gasteiger partial charge < -0.3 is 15.3 Å². The van der Waals surface area contributed by atoms with Gasteiger partial charge in [-0.3, -0.25) is 19.7 Å². The first kappa shape index (κ1) is 21.3. The Balaban J connectivity index is 2.16. The van der Waals surface area contributed by atoms with Crippen molar-refractivity contribution in [2.45, 2.75) is 52.1 Å². The number of rotatable bonds is 7. The van der Waals surface area contributed by atoms with Crippen molar-refractivity contribution in [2.75, 3.05) is 6.54 Å². The zero-order valence-corrected chi connectivity index (χ0v) is 16.2. The summed E-state index contributed by atoms with van der Waals surface area (Å²) in [7, 11) is 0. The molecule has 1 unspecified atom stereocenters. The average molecular weight is 391 g/mol. The fourth-order valence-electron chi connectivity index (χ4n) is 3.40. The number of likely N-dealkylation sites (tertiary alicyclic amines) is 1. The summed E-state index contributed by atoms with van der Waals surface area (Å²) in [5.74, 6) is -1.90. The first-order valence-corrected chi connectivity index (χ1v) is 9.21. The van der Waals surface area contributed by atoms with E-state index in [4.69, 9.17) is 0 Å². The molecular formula is C19H25N3O6. The van der Waals surface area contributed by atoms with Crippen molar-refractivity contribution in [1.82, 2.24) is 10.2 Å². The van der Waals surface area contributed by atoms with Crippen molar-refractivity contribution in [3.05, 3.63) is 39.4 Å². The molecule has 1 aromatic rings. The molecule has 152 valence electrons. The van der Waals surface area contributed by atoms with Crippen LogP contribution in [-0.2, 0) is 9.59 Å². The lowest BCUT2D eigenvalue weighted by atomic mass is 10.0. The summed E-state index contributed by atoms with van der Waals surface area (Å²) in [6.07, 6.45) is 1.36. The molecular weight excluding hydrogens is 366 g/mol. The first-order chi connectivity index (χ1) is 13.1. The molecule has 9 heteroatoms. The van der Waals surface area contributed by atoms with E-state index in [-0.39, 0.29) is 17.2 Å². The number of carboxylic acids is 1. The SMILES string of the molecule is Cc1cc(C(=O)N2CCCC2C(=O)N[C@H](CC(C)C)C(=O)O)ccc1[N+](=O)[O-]. The molecule has 9 nitrogen and oxygen atoms in total. The second kappa shape index (κ2) is 8.81. The fraction of sp³-hybridized carbons (Fsp3) is 0.526. The number of hydrogen-bond donors (Lipinski definition) is 2. The van der Waals surface area contributed by atoms with Crippen molar-refractivity contribution in [3.8, 4) is 0 Å². The van der Waals surface area contributed by atoms with E-state index in [0.29, 0.717) is 31.4 Å². The van der Waals surface area contributed by atoms with E-state index < -0.39 is 34.8 Å². The predicted octanol–water partition coefficient (Wildman–Crippen LogP) is 2.12. The molecule has 1 aliphatic heterocycles. The van der Waals surface area contributed by atoms with Gasteiger partial charge in [0.05, 0.1) is 4.92 Å². The molecule has 1 heterocycles. The van der Waals surface area contributed by atoms with Gasteiger partial charge in [0.15, 0.2) is 0 Å². The quantitative estimate of drug-likeness (QED) is 0.541. The summed E-state index contributed by atoms with van der Waals surface area (Å²) >= 11 is 0. The molecule has 0 aliphatic carbocycles. The van der Waals surface area contributed by atoms with Crippen LogP contribution in [-0.4, -0.2) is 51.3 Å². The Morgan fingerprint density at radius 3 is 2.57 bits per heavy atom. The minimum atomic E-state index is -1.11. The highest BCUT2D eigenvalue weighted by atomic mass is 16.6. The highest BCUT2D eigenvalue weighted by molar-refractivity contribution is 5.98. The number of carboxylic acid groups (broad SMARTS) is 1. The maximum absolute atomic E-state index is 12.9. The minimum absolute atomic E-state index is 0.0785. The Labute approximate surface area is 162 Å². The van der Waals surface area contributed by atoms with Gasteiger partial charge in [-0.25, -0.2) is 4.79 Å². The van der Waals surface area contributed by atoms with Gasteiger partial charge in [-0.1, -0.05) is 13.8 Å². The molecule has 2 amide bonds. The van der Waals surface area contributed by atoms with Crippen molar-refractivity contribution in [1.29, 1.82) is 0 Å². The van der Waals surface area contributed by atoms with Crippen LogP contribution in [0.2, 0.25) is 0 Å². The number of carbonyl (C=O) groups is 3. The van der Waals surface area contributed by atoms with Gasteiger partial charge in [0.1, 0.15) is 12.1 Å². The molecule has 1 saturated heterocycles. The highest BCUT2D eigenvalue weighted by Gasteiger charge is 2.36. The molecule has 1 fully saturated rings. The number of aryl methyl sites for hydroxylation is 1. The van der Waals surface area contributed by atoms with Crippen molar-refractivity contribution in [2.24, 2.45) is 5.92 Å². The monoisotopic (exact) mass is 391 g/mol. The van der Waals surface area contributed by atoms with Crippen LogP contribution in [0.5, 0.6) is 0 Å². The van der Waals surface area contributed by atoms with E-state index in [1.165, 1.54) is 23.1 Å². The second-order valence-electron chi connectivity index (χ2n) is 7.44. The van der Waals surface area contributed by atoms with E-state index in [1.54, 1.807) is 6.92 Å². The topological polar surface area (TPSA) is 130 Å². The number of nitrogens with zero attached hydrogens (tertiary/aromatic N) is 2. The molecule has 0 spiro atoms. The van der Waals surface area contributed by atoms with E-state index in [0.717, 1.165) is 0 Å². The predicted molar refractivity (Wildman–Crippen MR) is 101 cm³/mol. The van der Waals surface area contributed by atoms with Crippen molar-refractivity contribution >= 4 is 23.5 Å². The van der Waals surface area contributed by atoms with Crippen molar-refractivity contribution in [3.63, 3.8) is 0 Å². The summed E-state index contributed by atoms with van der Waals surface area (Å²) in [6, 6.07) is 2.33. The molecule has 2 rings (SSSR count). The zero-order chi connectivity index (χ0) is 21.0. The van der Waals surface area contributed by atoms with Crippen LogP contribution in [0.1, 0.15) is 49.0 Å². The second-order valence-corrected chi connectivity index (χ2v) is 7.44. The van der Waals surface area contributed by atoms with Gasteiger partial charge in [-0.2, -0.15) is 0 Å². The molecule has 2 atom stereocenters. The summed E-state index contributed by atoms with van der Waals surface area (Å²) in [5.41, 5.74) is 0.545. The standard InChI is InChI=1S/C19H25N3O6/c1-11(2)9-14(19(25)26)20-17(23)16-5-4-8-21(16)18(24)13-6-7-15(22(27)28)12(3)10-13/h6-7,10-11,14,16H,4-5,8-9H2,1-3H3,(H,20,23)(H,25,26)/t14-,16?/m1/s1. The van der Waals surface area contributed by atoms with E-state index in [1.807, 2.05) is 13.8 Å². The summed E-state index contributed by atoms with van der Waals surface area (Å²) in [5, 5.41) is 22.8. The van der Waals surface area contributed by atoms with Gasteiger partial charge >= 0.3 is 5.97 Å². The lowest BCUT2D eigenvalue weighted by molar-refractivity contribution is -0.385. The highest BCUT2D eigenvalue weighted by Crippen LogP contribution is 2.24. The largest absolute Gasteiger partial charge is 0.480 e. The maximum Gasteiger partial charge on any atom is 0.326 e. The minimum Gasteiger partial charge on any atom is -0.480 e. The lowest BCUT2D eigenvalue weighted by Gasteiger charge is -2.26. The number of nitro groups is 1. The lowest BCUT2D eigenvalue weighted by Crippen LogP contribution is -2.51. The van der Waals surface area contributed by atoms with E-state index >= 15 is 0 Å². The normalized spacial score (nSPS) is 17.4. The van der Waals surface area contributed by atoms with Crippen LogP contribution in [0.4, 0.5) is 5.69 Å².